The first-order valence-electron chi connectivity index (χ1n) is 5.21. The normalized spacial score (nSPS) is 18.9. The summed E-state index contributed by atoms with van der Waals surface area (Å²) >= 11 is 0. The quantitative estimate of drug-likeness (QED) is 0.659. The Hall–Kier alpha value is -2.11. The van der Waals surface area contributed by atoms with Gasteiger partial charge in [-0.2, -0.15) is 0 Å². The fourth-order valence-corrected chi connectivity index (χ4v) is 1.68. The van der Waals surface area contributed by atoms with Gasteiger partial charge in [0.05, 0.1) is 11.4 Å². The molecule has 6 heteroatoms. The van der Waals surface area contributed by atoms with Gasteiger partial charge in [-0.25, -0.2) is 4.39 Å². The van der Waals surface area contributed by atoms with Gasteiger partial charge in [-0.05, 0) is 24.6 Å². The first-order chi connectivity index (χ1) is 8.06. The number of carbonyl (C=O) groups is 2. The summed E-state index contributed by atoms with van der Waals surface area (Å²) in [4.78, 5) is 22.7. The summed E-state index contributed by atoms with van der Waals surface area (Å²) in [6, 6.07) is 3.19. The van der Waals surface area contributed by atoms with E-state index in [4.69, 9.17) is 5.73 Å². The maximum absolute atomic E-state index is 12.8. The van der Waals surface area contributed by atoms with Gasteiger partial charge in [0.1, 0.15) is 11.9 Å². The lowest BCUT2D eigenvalue weighted by atomic mass is 10.2. The first kappa shape index (κ1) is 11.4. The SMILES string of the molecule is Nc1cc(F)ccc1NC(=O)C1CCC(=O)N1. The molecule has 1 aliphatic rings. The highest BCUT2D eigenvalue weighted by molar-refractivity contribution is 6.00. The number of nitrogens with one attached hydrogen (secondary N) is 2. The average molecular weight is 237 g/mol. The summed E-state index contributed by atoms with van der Waals surface area (Å²) in [6.07, 6.45) is 0.808. The predicted molar refractivity (Wildman–Crippen MR) is 60.6 cm³/mol. The highest BCUT2D eigenvalue weighted by atomic mass is 19.1. The summed E-state index contributed by atoms with van der Waals surface area (Å²) in [6.45, 7) is 0. The molecule has 5 nitrogen and oxygen atoms in total. The molecule has 17 heavy (non-hydrogen) atoms. The van der Waals surface area contributed by atoms with Crippen molar-refractivity contribution in [3.05, 3.63) is 24.0 Å². The predicted octanol–water partition coefficient (Wildman–Crippen LogP) is 0.625. The Morgan fingerprint density at radius 3 is 2.88 bits per heavy atom. The van der Waals surface area contributed by atoms with Crippen LogP contribution in [0.25, 0.3) is 0 Å². The van der Waals surface area contributed by atoms with Crippen LogP contribution in [0, 0.1) is 5.82 Å². The minimum absolute atomic E-state index is 0.141. The first-order valence-corrected chi connectivity index (χ1v) is 5.21. The van der Waals surface area contributed by atoms with E-state index in [9.17, 15) is 14.0 Å². The Kier molecular flexibility index (Phi) is 2.95. The molecule has 1 aromatic carbocycles. The number of anilines is 2. The minimum Gasteiger partial charge on any atom is -0.397 e. The van der Waals surface area contributed by atoms with Crippen molar-refractivity contribution in [2.45, 2.75) is 18.9 Å². The number of hydrogen-bond donors (Lipinski definition) is 3. The highest BCUT2D eigenvalue weighted by Crippen LogP contribution is 2.20. The molecule has 90 valence electrons. The zero-order valence-electron chi connectivity index (χ0n) is 9.00. The maximum atomic E-state index is 12.8. The number of halogens is 1. The zero-order chi connectivity index (χ0) is 12.4. The van der Waals surface area contributed by atoms with E-state index in [2.05, 4.69) is 10.6 Å². The summed E-state index contributed by atoms with van der Waals surface area (Å²) in [5.74, 6) is -0.943. The third-order valence-corrected chi connectivity index (χ3v) is 2.58. The van der Waals surface area contributed by atoms with Crippen molar-refractivity contribution in [3.8, 4) is 0 Å². The van der Waals surface area contributed by atoms with E-state index in [-0.39, 0.29) is 17.5 Å². The van der Waals surface area contributed by atoms with Crippen molar-refractivity contribution in [1.29, 1.82) is 0 Å². The van der Waals surface area contributed by atoms with Crippen LogP contribution in [-0.2, 0) is 9.59 Å². The Bertz CT molecular complexity index is 476. The van der Waals surface area contributed by atoms with E-state index in [1.54, 1.807) is 0 Å². The van der Waals surface area contributed by atoms with Gasteiger partial charge in [0.2, 0.25) is 11.8 Å². The molecule has 1 atom stereocenters. The molecule has 0 aromatic heterocycles. The molecule has 1 aliphatic heterocycles. The van der Waals surface area contributed by atoms with Crippen molar-refractivity contribution >= 4 is 23.2 Å². The summed E-state index contributed by atoms with van der Waals surface area (Å²) in [5, 5.41) is 5.09. The standard InChI is InChI=1S/C11H12FN3O2/c12-6-1-2-8(7(13)5-6)15-11(17)9-3-4-10(16)14-9/h1-2,5,9H,3-4,13H2,(H,14,16)(H,15,17). The van der Waals surface area contributed by atoms with E-state index in [1.165, 1.54) is 12.1 Å². The number of nitrogens with two attached hydrogens (primary N) is 1. The van der Waals surface area contributed by atoms with E-state index in [0.717, 1.165) is 6.07 Å². The smallest absolute Gasteiger partial charge is 0.247 e. The second-order valence-electron chi connectivity index (χ2n) is 3.88. The number of carbonyl (C=O) groups excluding carboxylic acids is 2. The number of amides is 2. The van der Waals surface area contributed by atoms with Crippen molar-refractivity contribution in [1.82, 2.24) is 5.32 Å². The Labute approximate surface area is 97.2 Å². The molecule has 0 spiro atoms. The second-order valence-corrected chi connectivity index (χ2v) is 3.88. The molecule has 1 unspecified atom stereocenters. The van der Waals surface area contributed by atoms with Crippen molar-refractivity contribution < 1.29 is 14.0 Å². The van der Waals surface area contributed by atoms with Crippen LogP contribution in [0.15, 0.2) is 18.2 Å². The number of benzene rings is 1. The number of rotatable bonds is 2. The van der Waals surface area contributed by atoms with Gasteiger partial charge in [-0.1, -0.05) is 0 Å². The highest BCUT2D eigenvalue weighted by Gasteiger charge is 2.27. The van der Waals surface area contributed by atoms with Crippen LogP contribution < -0.4 is 16.4 Å². The van der Waals surface area contributed by atoms with E-state index < -0.39 is 11.9 Å². The lowest BCUT2D eigenvalue weighted by molar-refractivity contribution is -0.122. The molecule has 1 aromatic rings. The third kappa shape index (κ3) is 2.52. The van der Waals surface area contributed by atoms with Crippen molar-refractivity contribution in [2.75, 3.05) is 11.1 Å². The van der Waals surface area contributed by atoms with Gasteiger partial charge in [0.25, 0.3) is 0 Å². The van der Waals surface area contributed by atoms with E-state index in [1.807, 2.05) is 0 Å². The Morgan fingerprint density at radius 1 is 1.53 bits per heavy atom. The molecule has 0 radical (unpaired) electrons. The Morgan fingerprint density at radius 2 is 2.29 bits per heavy atom. The molecule has 2 rings (SSSR count). The van der Waals surface area contributed by atoms with Crippen molar-refractivity contribution in [2.24, 2.45) is 0 Å². The van der Waals surface area contributed by atoms with Crippen LogP contribution >= 0.6 is 0 Å². The Balaban J connectivity index is 2.05. The monoisotopic (exact) mass is 237 g/mol. The van der Waals surface area contributed by atoms with Gasteiger partial charge >= 0.3 is 0 Å². The molecule has 1 saturated heterocycles. The number of hydrogen-bond acceptors (Lipinski definition) is 3. The molecule has 0 saturated carbocycles. The van der Waals surface area contributed by atoms with Crippen LogP contribution in [0.4, 0.5) is 15.8 Å². The average Bonchev–Trinajstić information content (AvgIpc) is 2.69. The van der Waals surface area contributed by atoms with Gasteiger partial charge in [0.15, 0.2) is 0 Å². The van der Waals surface area contributed by atoms with Crippen LogP contribution in [-0.4, -0.2) is 17.9 Å². The molecule has 0 bridgehead atoms. The maximum Gasteiger partial charge on any atom is 0.247 e. The van der Waals surface area contributed by atoms with Gasteiger partial charge < -0.3 is 16.4 Å². The lowest BCUT2D eigenvalue weighted by Crippen LogP contribution is -2.37. The molecule has 1 fully saturated rings. The van der Waals surface area contributed by atoms with Gasteiger partial charge in [-0.15, -0.1) is 0 Å². The summed E-state index contributed by atoms with van der Waals surface area (Å²) in [7, 11) is 0. The largest absolute Gasteiger partial charge is 0.397 e. The number of nitrogen functional groups attached to an aromatic ring is 1. The molecule has 2 amide bonds. The van der Waals surface area contributed by atoms with Crippen LogP contribution in [0.1, 0.15) is 12.8 Å². The third-order valence-electron chi connectivity index (χ3n) is 2.58. The molecule has 4 N–H and O–H groups in total. The van der Waals surface area contributed by atoms with Crippen LogP contribution in [0.5, 0.6) is 0 Å². The zero-order valence-corrected chi connectivity index (χ0v) is 9.00. The topological polar surface area (TPSA) is 84.2 Å². The molecule has 1 heterocycles. The molecular weight excluding hydrogens is 225 g/mol. The fraction of sp³-hybridized carbons (Fsp3) is 0.273. The van der Waals surface area contributed by atoms with E-state index in [0.29, 0.717) is 18.5 Å². The van der Waals surface area contributed by atoms with Crippen LogP contribution in [0.3, 0.4) is 0 Å². The summed E-state index contributed by atoms with van der Waals surface area (Å²) < 4.78 is 12.8. The lowest BCUT2D eigenvalue weighted by Gasteiger charge is -2.12. The second kappa shape index (κ2) is 4.40. The summed E-state index contributed by atoms with van der Waals surface area (Å²) in [5.41, 5.74) is 6.05. The minimum atomic E-state index is -0.535. The van der Waals surface area contributed by atoms with Gasteiger partial charge in [0, 0.05) is 6.42 Å². The van der Waals surface area contributed by atoms with Crippen LogP contribution in [0.2, 0.25) is 0 Å². The molecular formula is C11H12FN3O2. The van der Waals surface area contributed by atoms with Gasteiger partial charge in [-0.3, -0.25) is 9.59 Å². The fourth-order valence-electron chi connectivity index (χ4n) is 1.68. The van der Waals surface area contributed by atoms with E-state index >= 15 is 0 Å². The van der Waals surface area contributed by atoms with Crippen molar-refractivity contribution in [3.63, 3.8) is 0 Å². The molecule has 0 aliphatic carbocycles.